The van der Waals surface area contributed by atoms with Gasteiger partial charge in [-0.05, 0) is 29.8 Å². The van der Waals surface area contributed by atoms with Gasteiger partial charge < -0.3 is 14.6 Å². The molecule has 1 aliphatic heterocycles. The summed E-state index contributed by atoms with van der Waals surface area (Å²) in [5, 5.41) is 14.9. The molecule has 1 heterocycles. The van der Waals surface area contributed by atoms with E-state index in [4.69, 9.17) is 14.6 Å². The molecule has 1 N–H and O–H groups in total. The zero-order chi connectivity index (χ0) is 21.0. The molecule has 2 aromatic carbocycles. The minimum Gasteiger partial charge on any atom is -0.497 e. The Labute approximate surface area is 177 Å². The van der Waals surface area contributed by atoms with Gasteiger partial charge in [0.2, 0.25) is 5.91 Å². The van der Waals surface area contributed by atoms with E-state index in [1.54, 1.807) is 20.3 Å². The lowest BCUT2D eigenvalue weighted by Gasteiger charge is -2.22. The van der Waals surface area contributed by atoms with E-state index >= 15 is 0 Å². The maximum atomic E-state index is 12.7. The van der Waals surface area contributed by atoms with Crippen LogP contribution in [0.25, 0.3) is 0 Å². The Hall–Kier alpha value is -2.87. The lowest BCUT2D eigenvalue weighted by molar-refractivity contribution is -0.141. The number of nitrogens with zero attached hydrogens (tertiary/aromatic N) is 2. The third-order valence-corrected chi connectivity index (χ3v) is 5.16. The minimum atomic E-state index is -1.02. The maximum absolute atomic E-state index is 12.7. The largest absolute Gasteiger partial charge is 0.497 e. The summed E-state index contributed by atoms with van der Waals surface area (Å²) in [7, 11) is 3.14. The van der Waals surface area contributed by atoms with Crippen LogP contribution < -0.4 is 9.47 Å². The van der Waals surface area contributed by atoms with Crippen molar-refractivity contribution >= 4 is 33.5 Å². The van der Waals surface area contributed by atoms with E-state index in [1.165, 1.54) is 5.01 Å². The third kappa shape index (κ3) is 4.76. The third-order valence-electron chi connectivity index (χ3n) is 4.67. The predicted octanol–water partition coefficient (Wildman–Crippen LogP) is 4.01. The number of carbonyl (C=O) groups is 2. The molecule has 1 aliphatic rings. The number of methoxy groups -OCH3 is 2. The molecule has 3 rings (SSSR count). The zero-order valence-corrected chi connectivity index (χ0v) is 17.7. The number of aliphatic carboxylic acids is 1. The van der Waals surface area contributed by atoms with Gasteiger partial charge in [-0.2, -0.15) is 5.10 Å². The molecule has 29 heavy (non-hydrogen) atoms. The summed E-state index contributed by atoms with van der Waals surface area (Å²) in [6, 6.07) is 12.8. The molecule has 0 unspecified atom stereocenters. The number of hydrogen-bond donors (Lipinski definition) is 1. The van der Waals surface area contributed by atoms with Crippen LogP contribution in [-0.4, -0.2) is 41.9 Å². The fourth-order valence-corrected chi connectivity index (χ4v) is 3.66. The normalized spacial score (nSPS) is 15.8. The topological polar surface area (TPSA) is 88.4 Å². The first-order valence-corrected chi connectivity index (χ1v) is 9.81. The fourth-order valence-electron chi connectivity index (χ4n) is 3.24. The van der Waals surface area contributed by atoms with Crippen LogP contribution in [0, 0.1) is 0 Å². The Kier molecular flexibility index (Phi) is 6.53. The molecule has 0 fully saturated rings. The second-order valence-corrected chi connectivity index (χ2v) is 7.44. The Balaban J connectivity index is 1.97. The second kappa shape index (κ2) is 9.09. The summed E-state index contributed by atoms with van der Waals surface area (Å²) in [5.41, 5.74) is 2.37. The number of halogens is 1. The summed E-state index contributed by atoms with van der Waals surface area (Å²) in [5.74, 6) is -0.101. The number of carbonyl (C=O) groups excluding carboxylic acids is 1. The highest BCUT2D eigenvalue weighted by Crippen LogP contribution is 2.37. The molecule has 2 aromatic rings. The molecule has 0 spiro atoms. The first-order chi connectivity index (χ1) is 13.9. The molecule has 0 aliphatic carbocycles. The zero-order valence-electron chi connectivity index (χ0n) is 16.1. The van der Waals surface area contributed by atoms with Crippen molar-refractivity contribution in [1.29, 1.82) is 0 Å². The maximum Gasteiger partial charge on any atom is 0.303 e. The Morgan fingerprint density at radius 1 is 1.17 bits per heavy atom. The number of carboxylic acids is 1. The van der Waals surface area contributed by atoms with Crippen LogP contribution in [0.5, 0.6) is 11.5 Å². The van der Waals surface area contributed by atoms with Crippen molar-refractivity contribution in [3.05, 3.63) is 58.1 Å². The van der Waals surface area contributed by atoms with Gasteiger partial charge in [-0.15, -0.1) is 0 Å². The van der Waals surface area contributed by atoms with Crippen molar-refractivity contribution in [3.8, 4) is 11.5 Å². The molecule has 0 aromatic heterocycles. The average Bonchev–Trinajstić information content (AvgIpc) is 3.16. The van der Waals surface area contributed by atoms with Gasteiger partial charge >= 0.3 is 5.97 Å². The lowest BCUT2D eigenvalue weighted by atomic mass is 9.97. The van der Waals surface area contributed by atoms with Gasteiger partial charge in [0.15, 0.2) is 0 Å². The standard InChI is InChI=1S/C21H21BrN2O5/c1-28-15-6-7-16(19(11-15)29-2)17-12-18(13-4-3-5-14(22)10-13)24(23-17)20(25)8-9-21(26)27/h3-7,10-11,18H,8-9,12H2,1-2H3,(H,26,27)/t18-/m1/s1. The van der Waals surface area contributed by atoms with E-state index in [1.807, 2.05) is 36.4 Å². The first kappa shape index (κ1) is 20.9. The fraction of sp³-hybridized carbons (Fsp3) is 0.286. The van der Waals surface area contributed by atoms with Crippen molar-refractivity contribution in [1.82, 2.24) is 5.01 Å². The predicted molar refractivity (Wildman–Crippen MR) is 111 cm³/mol. The van der Waals surface area contributed by atoms with E-state index in [0.29, 0.717) is 23.6 Å². The summed E-state index contributed by atoms with van der Waals surface area (Å²) in [6.07, 6.45) is 0.131. The summed E-state index contributed by atoms with van der Waals surface area (Å²) in [4.78, 5) is 23.6. The first-order valence-electron chi connectivity index (χ1n) is 9.02. The summed E-state index contributed by atoms with van der Waals surface area (Å²) in [6.45, 7) is 0. The highest BCUT2D eigenvalue weighted by atomic mass is 79.9. The molecule has 0 radical (unpaired) electrons. The van der Waals surface area contributed by atoms with E-state index in [9.17, 15) is 9.59 Å². The van der Waals surface area contributed by atoms with Crippen LogP contribution in [0.4, 0.5) is 0 Å². The van der Waals surface area contributed by atoms with E-state index in [2.05, 4.69) is 21.0 Å². The summed E-state index contributed by atoms with van der Waals surface area (Å²) < 4.78 is 11.6. The van der Waals surface area contributed by atoms with Crippen LogP contribution in [0.2, 0.25) is 0 Å². The van der Waals surface area contributed by atoms with Gasteiger partial charge in [0.1, 0.15) is 11.5 Å². The van der Waals surface area contributed by atoms with E-state index in [0.717, 1.165) is 15.6 Å². The molecule has 1 atom stereocenters. The Morgan fingerprint density at radius 2 is 1.97 bits per heavy atom. The highest BCUT2D eigenvalue weighted by molar-refractivity contribution is 9.10. The molecule has 8 heteroatoms. The molecular formula is C21H21BrN2O5. The second-order valence-electron chi connectivity index (χ2n) is 6.52. The Bertz CT molecular complexity index is 960. The number of hydrazone groups is 1. The highest BCUT2D eigenvalue weighted by Gasteiger charge is 2.34. The van der Waals surface area contributed by atoms with Crippen LogP contribution in [0.15, 0.2) is 52.0 Å². The SMILES string of the molecule is COc1ccc(C2=NN(C(=O)CCC(=O)O)[C@@H](c3cccc(Br)c3)C2)c(OC)c1. The van der Waals surface area contributed by atoms with Crippen LogP contribution in [0.1, 0.15) is 36.4 Å². The quantitative estimate of drug-likeness (QED) is 0.673. The number of hydrogen-bond acceptors (Lipinski definition) is 5. The lowest BCUT2D eigenvalue weighted by Crippen LogP contribution is -2.27. The van der Waals surface area contributed by atoms with Gasteiger partial charge in [-0.3, -0.25) is 9.59 Å². The molecular weight excluding hydrogens is 440 g/mol. The van der Waals surface area contributed by atoms with Crippen LogP contribution >= 0.6 is 15.9 Å². The van der Waals surface area contributed by atoms with Crippen molar-refractivity contribution in [2.75, 3.05) is 14.2 Å². The molecule has 0 saturated heterocycles. The van der Waals surface area contributed by atoms with Gasteiger partial charge in [0.05, 0.1) is 32.4 Å². The molecule has 7 nitrogen and oxygen atoms in total. The number of carboxylic acid groups (broad SMARTS) is 1. The number of amides is 1. The van der Waals surface area contributed by atoms with Crippen molar-refractivity contribution in [2.24, 2.45) is 5.10 Å². The van der Waals surface area contributed by atoms with Crippen LogP contribution in [-0.2, 0) is 9.59 Å². The molecule has 0 saturated carbocycles. The number of rotatable bonds is 7. The van der Waals surface area contributed by atoms with Gasteiger partial charge in [-0.1, -0.05) is 28.1 Å². The minimum absolute atomic E-state index is 0.115. The number of ether oxygens (including phenoxy) is 2. The molecule has 1 amide bonds. The smallest absolute Gasteiger partial charge is 0.303 e. The van der Waals surface area contributed by atoms with Gasteiger partial charge in [0.25, 0.3) is 0 Å². The number of benzene rings is 2. The molecule has 0 bridgehead atoms. The van der Waals surface area contributed by atoms with Crippen LogP contribution in [0.3, 0.4) is 0 Å². The van der Waals surface area contributed by atoms with Crippen molar-refractivity contribution in [2.45, 2.75) is 25.3 Å². The van der Waals surface area contributed by atoms with Gasteiger partial charge in [-0.25, -0.2) is 5.01 Å². The van der Waals surface area contributed by atoms with E-state index in [-0.39, 0.29) is 24.8 Å². The van der Waals surface area contributed by atoms with E-state index < -0.39 is 5.97 Å². The van der Waals surface area contributed by atoms with Crippen molar-refractivity contribution in [3.63, 3.8) is 0 Å². The Morgan fingerprint density at radius 3 is 2.62 bits per heavy atom. The van der Waals surface area contributed by atoms with Crippen molar-refractivity contribution < 1.29 is 24.2 Å². The summed E-state index contributed by atoms with van der Waals surface area (Å²) >= 11 is 3.46. The monoisotopic (exact) mass is 460 g/mol. The molecule has 152 valence electrons. The average molecular weight is 461 g/mol. The van der Waals surface area contributed by atoms with Gasteiger partial charge in [0, 0.05) is 28.9 Å².